The van der Waals surface area contributed by atoms with Crippen LogP contribution >= 0.6 is 11.8 Å². The second kappa shape index (κ2) is 6.81. The normalized spacial score (nSPS) is 11.3. The van der Waals surface area contributed by atoms with Crippen molar-refractivity contribution in [2.45, 2.75) is 30.6 Å². The zero-order chi connectivity index (χ0) is 13.6. The third kappa shape index (κ3) is 4.35. The minimum absolute atomic E-state index is 0.0197. The first-order valence-corrected chi connectivity index (χ1v) is 7.33. The predicted octanol–water partition coefficient (Wildman–Crippen LogP) is 2.15. The van der Waals surface area contributed by atoms with Crippen molar-refractivity contribution in [3.63, 3.8) is 0 Å². The molecule has 0 aromatic heterocycles. The van der Waals surface area contributed by atoms with Gasteiger partial charge in [-0.05, 0) is 24.0 Å². The van der Waals surface area contributed by atoms with Crippen LogP contribution in [-0.4, -0.2) is 25.3 Å². The highest BCUT2D eigenvalue weighted by Gasteiger charge is 2.21. The van der Waals surface area contributed by atoms with Crippen molar-refractivity contribution in [1.82, 2.24) is 5.32 Å². The number of hydrogen-bond acceptors (Lipinski definition) is 3. The fourth-order valence-corrected chi connectivity index (χ4v) is 2.09. The summed E-state index contributed by atoms with van der Waals surface area (Å²) in [4.78, 5) is 12.7. The van der Waals surface area contributed by atoms with E-state index in [9.17, 15) is 4.79 Å². The molecule has 0 aliphatic heterocycles. The molecule has 4 heteroatoms. The Hall–Kier alpha value is -1.00. The van der Waals surface area contributed by atoms with Gasteiger partial charge in [0.2, 0.25) is 5.91 Å². The van der Waals surface area contributed by atoms with Gasteiger partial charge in [0, 0.05) is 29.8 Å². The molecule has 0 aliphatic rings. The van der Waals surface area contributed by atoms with Crippen molar-refractivity contribution in [3.05, 3.63) is 29.8 Å². The monoisotopic (exact) mass is 266 g/mol. The summed E-state index contributed by atoms with van der Waals surface area (Å²) in [6.45, 7) is 5.28. The molecule has 18 heavy (non-hydrogen) atoms. The van der Waals surface area contributed by atoms with Crippen LogP contribution in [0, 0.1) is 0 Å². The number of benzene rings is 1. The summed E-state index contributed by atoms with van der Waals surface area (Å²) < 4.78 is 0. The van der Waals surface area contributed by atoms with Gasteiger partial charge in [-0.1, -0.05) is 26.0 Å². The Morgan fingerprint density at radius 3 is 2.44 bits per heavy atom. The summed E-state index contributed by atoms with van der Waals surface area (Å²) in [5, 5.41) is 2.93. The molecule has 0 bridgehead atoms. The van der Waals surface area contributed by atoms with Gasteiger partial charge in [-0.2, -0.15) is 0 Å². The first-order valence-electron chi connectivity index (χ1n) is 6.11. The number of nitrogens with one attached hydrogen (secondary N) is 1. The molecule has 1 aromatic carbocycles. The quantitative estimate of drug-likeness (QED) is 0.776. The van der Waals surface area contributed by atoms with Gasteiger partial charge in [-0.25, -0.2) is 0 Å². The van der Waals surface area contributed by atoms with Crippen molar-refractivity contribution >= 4 is 17.7 Å². The number of carbonyl (C=O) groups excluding carboxylic acids is 1. The minimum Gasteiger partial charge on any atom is -0.355 e. The number of rotatable bonds is 6. The van der Waals surface area contributed by atoms with Crippen LogP contribution in [0.1, 0.15) is 25.8 Å². The Morgan fingerprint density at radius 2 is 1.94 bits per heavy atom. The van der Waals surface area contributed by atoms with Crippen LogP contribution in [0.15, 0.2) is 29.2 Å². The summed E-state index contributed by atoms with van der Waals surface area (Å²) in [5.41, 5.74) is 6.51. The molecule has 0 heterocycles. The number of thioether (sulfide) groups is 1. The molecule has 3 N–H and O–H groups in total. The topological polar surface area (TPSA) is 55.1 Å². The lowest BCUT2D eigenvalue weighted by Crippen LogP contribution is -2.37. The maximum atomic E-state index is 11.4. The SMILES string of the molecule is CSc1ccc(C(C)(C)CNC(=O)CCN)cc1. The minimum atomic E-state index is -0.0683. The van der Waals surface area contributed by atoms with Gasteiger partial charge < -0.3 is 11.1 Å². The molecule has 0 fully saturated rings. The van der Waals surface area contributed by atoms with Crippen molar-refractivity contribution in [3.8, 4) is 0 Å². The zero-order valence-electron chi connectivity index (χ0n) is 11.3. The maximum absolute atomic E-state index is 11.4. The summed E-state index contributed by atoms with van der Waals surface area (Å²) in [5.74, 6) is 0.0197. The molecule has 1 rings (SSSR count). The average Bonchev–Trinajstić information content (AvgIpc) is 2.37. The Kier molecular flexibility index (Phi) is 5.69. The fourth-order valence-electron chi connectivity index (χ4n) is 1.68. The lowest BCUT2D eigenvalue weighted by Gasteiger charge is -2.26. The standard InChI is InChI=1S/C14H22N2OS/c1-14(2,10-16-13(17)8-9-15)11-4-6-12(18-3)7-5-11/h4-7H,8-10,15H2,1-3H3,(H,16,17). The lowest BCUT2D eigenvalue weighted by atomic mass is 9.84. The first kappa shape index (κ1) is 15.1. The second-order valence-corrected chi connectivity index (χ2v) is 5.81. The summed E-state index contributed by atoms with van der Waals surface area (Å²) in [6.07, 6.45) is 2.45. The molecule has 3 nitrogen and oxygen atoms in total. The van der Waals surface area contributed by atoms with Gasteiger partial charge in [0.1, 0.15) is 0 Å². The van der Waals surface area contributed by atoms with E-state index in [1.165, 1.54) is 10.5 Å². The summed E-state index contributed by atoms with van der Waals surface area (Å²) >= 11 is 1.73. The molecular formula is C14H22N2OS. The molecule has 0 aliphatic carbocycles. The van der Waals surface area contributed by atoms with E-state index in [2.05, 4.69) is 49.7 Å². The van der Waals surface area contributed by atoms with Crippen LogP contribution in [0.2, 0.25) is 0 Å². The third-order valence-electron chi connectivity index (χ3n) is 2.97. The number of amides is 1. The number of carbonyl (C=O) groups is 1. The molecule has 100 valence electrons. The van der Waals surface area contributed by atoms with E-state index in [1.54, 1.807) is 11.8 Å². The molecule has 0 saturated carbocycles. The van der Waals surface area contributed by atoms with Gasteiger partial charge in [-0.3, -0.25) is 4.79 Å². The average molecular weight is 266 g/mol. The number of nitrogens with two attached hydrogens (primary N) is 1. The zero-order valence-corrected chi connectivity index (χ0v) is 12.1. The van der Waals surface area contributed by atoms with Crippen LogP contribution < -0.4 is 11.1 Å². The molecule has 0 unspecified atom stereocenters. The van der Waals surface area contributed by atoms with Gasteiger partial charge in [0.25, 0.3) is 0 Å². The van der Waals surface area contributed by atoms with Crippen LogP contribution in [-0.2, 0) is 10.2 Å². The largest absolute Gasteiger partial charge is 0.355 e. The van der Waals surface area contributed by atoms with E-state index in [0.717, 1.165) is 0 Å². The Morgan fingerprint density at radius 1 is 1.33 bits per heavy atom. The molecule has 1 amide bonds. The molecule has 1 aromatic rings. The highest BCUT2D eigenvalue weighted by molar-refractivity contribution is 7.98. The number of hydrogen-bond donors (Lipinski definition) is 2. The Labute approximate surface area is 114 Å². The molecule has 0 atom stereocenters. The van der Waals surface area contributed by atoms with E-state index in [1.807, 2.05) is 0 Å². The van der Waals surface area contributed by atoms with Crippen molar-refractivity contribution in [1.29, 1.82) is 0 Å². The van der Waals surface area contributed by atoms with Gasteiger partial charge >= 0.3 is 0 Å². The van der Waals surface area contributed by atoms with E-state index in [-0.39, 0.29) is 11.3 Å². The first-order chi connectivity index (χ1) is 8.49. The predicted molar refractivity (Wildman–Crippen MR) is 77.9 cm³/mol. The summed E-state index contributed by atoms with van der Waals surface area (Å²) in [6, 6.07) is 8.48. The van der Waals surface area contributed by atoms with Crippen LogP contribution in [0.25, 0.3) is 0 Å². The molecule has 0 radical (unpaired) electrons. The lowest BCUT2D eigenvalue weighted by molar-refractivity contribution is -0.121. The summed E-state index contributed by atoms with van der Waals surface area (Å²) in [7, 11) is 0. The van der Waals surface area contributed by atoms with Crippen LogP contribution in [0.3, 0.4) is 0 Å². The van der Waals surface area contributed by atoms with Gasteiger partial charge in [-0.15, -0.1) is 11.8 Å². The Bertz CT molecular complexity index is 387. The highest BCUT2D eigenvalue weighted by Crippen LogP contribution is 2.24. The van der Waals surface area contributed by atoms with Gasteiger partial charge in [0.05, 0.1) is 0 Å². The van der Waals surface area contributed by atoms with Crippen molar-refractivity contribution in [2.75, 3.05) is 19.3 Å². The van der Waals surface area contributed by atoms with Crippen molar-refractivity contribution < 1.29 is 4.79 Å². The third-order valence-corrected chi connectivity index (χ3v) is 3.71. The van der Waals surface area contributed by atoms with E-state index < -0.39 is 0 Å². The Balaban J connectivity index is 2.63. The van der Waals surface area contributed by atoms with E-state index in [4.69, 9.17) is 5.73 Å². The highest BCUT2D eigenvalue weighted by atomic mass is 32.2. The molecular weight excluding hydrogens is 244 g/mol. The van der Waals surface area contributed by atoms with E-state index in [0.29, 0.717) is 19.5 Å². The van der Waals surface area contributed by atoms with Crippen molar-refractivity contribution in [2.24, 2.45) is 5.73 Å². The molecule has 0 spiro atoms. The van der Waals surface area contributed by atoms with Gasteiger partial charge in [0.15, 0.2) is 0 Å². The maximum Gasteiger partial charge on any atom is 0.221 e. The molecule has 0 saturated heterocycles. The second-order valence-electron chi connectivity index (χ2n) is 4.93. The smallest absolute Gasteiger partial charge is 0.221 e. The van der Waals surface area contributed by atoms with Crippen LogP contribution in [0.4, 0.5) is 0 Å². The fraction of sp³-hybridized carbons (Fsp3) is 0.500. The van der Waals surface area contributed by atoms with Crippen LogP contribution in [0.5, 0.6) is 0 Å². The van der Waals surface area contributed by atoms with E-state index >= 15 is 0 Å².